The van der Waals surface area contributed by atoms with Crippen molar-refractivity contribution in [2.24, 2.45) is 17.6 Å². The van der Waals surface area contributed by atoms with Gasteiger partial charge in [-0.3, -0.25) is 9.69 Å². The molecule has 1 saturated heterocycles. The maximum Gasteiger partial charge on any atom is 0.226 e. The predicted octanol–water partition coefficient (Wildman–Crippen LogP) is 1.69. The SMILES string of the molecule is CCC(C)N1CCN(C(=O)C2CCC(N)CC2C)CC1. The predicted molar refractivity (Wildman–Crippen MR) is 82.4 cm³/mol. The van der Waals surface area contributed by atoms with Crippen molar-refractivity contribution in [3.63, 3.8) is 0 Å². The first-order valence-electron chi connectivity index (χ1n) is 8.31. The van der Waals surface area contributed by atoms with Gasteiger partial charge < -0.3 is 10.6 Å². The van der Waals surface area contributed by atoms with Crippen LogP contribution in [-0.4, -0.2) is 54.0 Å². The standard InChI is InChI=1S/C16H31N3O/c1-4-13(3)18-7-9-19(10-8-18)16(20)15-6-5-14(17)11-12(15)2/h12-15H,4-11,17H2,1-3H3. The van der Waals surface area contributed by atoms with E-state index in [1.807, 2.05) is 0 Å². The Balaban J connectivity index is 1.85. The van der Waals surface area contributed by atoms with Crippen LogP contribution in [0.2, 0.25) is 0 Å². The van der Waals surface area contributed by atoms with Gasteiger partial charge in [0.2, 0.25) is 5.91 Å². The number of nitrogens with two attached hydrogens (primary N) is 1. The van der Waals surface area contributed by atoms with Crippen LogP contribution in [-0.2, 0) is 4.79 Å². The molecule has 1 heterocycles. The van der Waals surface area contributed by atoms with Crippen LogP contribution in [0.3, 0.4) is 0 Å². The van der Waals surface area contributed by atoms with Gasteiger partial charge in [-0.05, 0) is 38.5 Å². The third kappa shape index (κ3) is 3.53. The molecule has 2 aliphatic rings. The summed E-state index contributed by atoms with van der Waals surface area (Å²) in [5.74, 6) is 1.04. The molecule has 0 aromatic carbocycles. The summed E-state index contributed by atoms with van der Waals surface area (Å²) >= 11 is 0. The van der Waals surface area contributed by atoms with Crippen molar-refractivity contribution in [1.82, 2.24) is 9.80 Å². The van der Waals surface area contributed by atoms with Gasteiger partial charge in [-0.25, -0.2) is 0 Å². The van der Waals surface area contributed by atoms with Crippen LogP contribution in [0.5, 0.6) is 0 Å². The monoisotopic (exact) mass is 281 g/mol. The van der Waals surface area contributed by atoms with Crippen LogP contribution >= 0.6 is 0 Å². The molecule has 1 aliphatic heterocycles. The molecule has 2 rings (SSSR count). The Kier molecular flexibility index (Phi) is 5.44. The van der Waals surface area contributed by atoms with Crippen LogP contribution < -0.4 is 5.73 Å². The van der Waals surface area contributed by atoms with E-state index in [9.17, 15) is 4.79 Å². The molecule has 2 fully saturated rings. The fourth-order valence-corrected chi connectivity index (χ4v) is 3.68. The Morgan fingerprint density at radius 3 is 2.45 bits per heavy atom. The smallest absolute Gasteiger partial charge is 0.226 e. The summed E-state index contributed by atoms with van der Waals surface area (Å²) in [7, 11) is 0. The molecule has 0 spiro atoms. The van der Waals surface area contributed by atoms with Crippen LogP contribution in [0, 0.1) is 11.8 Å². The van der Waals surface area contributed by atoms with E-state index in [2.05, 4.69) is 30.6 Å². The van der Waals surface area contributed by atoms with Gasteiger partial charge in [-0.15, -0.1) is 0 Å². The third-order valence-corrected chi connectivity index (χ3v) is 5.37. The van der Waals surface area contributed by atoms with E-state index in [0.717, 1.165) is 45.4 Å². The van der Waals surface area contributed by atoms with Gasteiger partial charge >= 0.3 is 0 Å². The lowest BCUT2D eigenvalue weighted by atomic mass is 9.77. The van der Waals surface area contributed by atoms with Gasteiger partial charge in [-0.2, -0.15) is 0 Å². The number of rotatable bonds is 3. The van der Waals surface area contributed by atoms with Crippen molar-refractivity contribution < 1.29 is 4.79 Å². The van der Waals surface area contributed by atoms with Crippen molar-refractivity contribution in [2.45, 2.75) is 58.5 Å². The quantitative estimate of drug-likeness (QED) is 0.856. The molecule has 4 nitrogen and oxygen atoms in total. The Morgan fingerprint density at radius 1 is 1.25 bits per heavy atom. The van der Waals surface area contributed by atoms with E-state index in [0.29, 0.717) is 23.9 Å². The Morgan fingerprint density at radius 2 is 1.90 bits per heavy atom. The Hall–Kier alpha value is -0.610. The molecule has 116 valence electrons. The summed E-state index contributed by atoms with van der Waals surface area (Å²) in [6.07, 6.45) is 4.18. The Bertz CT molecular complexity index is 326. The summed E-state index contributed by atoms with van der Waals surface area (Å²) < 4.78 is 0. The van der Waals surface area contributed by atoms with Crippen molar-refractivity contribution in [3.05, 3.63) is 0 Å². The van der Waals surface area contributed by atoms with Crippen LogP contribution in [0.4, 0.5) is 0 Å². The van der Waals surface area contributed by atoms with E-state index in [-0.39, 0.29) is 5.92 Å². The molecule has 0 radical (unpaired) electrons. The molecule has 4 unspecified atom stereocenters. The van der Waals surface area contributed by atoms with Gasteiger partial charge in [0.05, 0.1) is 0 Å². The number of hydrogen-bond donors (Lipinski definition) is 1. The fourth-order valence-electron chi connectivity index (χ4n) is 3.68. The zero-order chi connectivity index (χ0) is 14.7. The molecule has 1 aliphatic carbocycles. The minimum absolute atomic E-state index is 0.213. The van der Waals surface area contributed by atoms with Crippen LogP contribution in [0.15, 0.2) is 0 Å². The number of hydrogen-bond acceptors (Lipinski definition) is 3. The van der Waals surface area contributed by atoms with Crippen molar-refractivity contribution in [3.8, 4) is 0 Å². The highest BCUT2D eigenvalue weighted by Gasteiger charge is 2.34. The van der Waals surface area contributed by atoms with Crippen molar-refractivity contribution >= 4 is 5.91 Å². The van der Waals surface area contributed by atoms with Gasteiger partial charge in [-0.1, -0.05) is 13.8 Å². The highest BCUT2D eigenvalue weighted by molar-refractivity contribution is 5.79. The lowest BCUT2D eigenvalue weighted by Gasteiger charge is -2.41. The molecule has 4 atom stereocenters. The topological polar surface area (TPSA) is 49.6 Å². The summed E-state index contributed by atoms with van der Waals surface area (Å²) in [5.41, 5.74) is 6.00. The zero-order valence-electron chi connectivity index (χ0n) is 13.3. The molecule has 0 aromatic heterocycles. The molecule has 0 aromatic rings. The van der Waals surface area contributed by atoms with Crippen LogP contribution in [0.25, 0.3) is 0 Å². The van der Waals surface area contributed by atoms with E-state index in [1.165, 1.54) is 6.42 Å². The number of piperazine rings is 1. The number of carbonyl (C=O) groups excluding carboxylic acids is 1. The van der Waals surface area contributed by atoms with Gasteiger partial charge in [0.15, 0.2) is 0 Å². The van der Waals surface area contributed by atoms with E-state index in [4.69, 9.17) is 5.73 Å². The lowest BCUT2D eigenvalue weighted by molar-refractivity contribution is -0.140. The first-order chi connectivity index (χ1) is 9.52. The number of amides is 1. The molecule has 1 amide bonds. The second-order valence-corrected chi connectivity index (χ2v) is 6.78. The summed E-state index contributed by atoms with van der Waals surface area (Å²) in [4.78, 5) is 17.3. The minimum atomic E-state index is 0.213. The molecular weight excluding hydrogens is 250 g/mol. The zero-order valence-corrected chi connectivity index (χ0v) is 13.3. The maximum absolute atomic E-state index is 12.7. The summed E-state index contributed by atoms with van der Waals surface area (Å²) in [5, 5.41) is 0. The van der Waals surface area contributed by atoms with E-state index < -0.39 is 0 Å². The maximum atomic E-state index is 12.7. The average Bonchev–Trinajstić information content (AvgIpc) is 2.46. The Labute approximate surface area is 123 Å². The molecule has 20 heavy (non-hydrogen) atoms. The highest BCUT2D eigenvalue weighted by Crippen LogP contribution is 2.30. The van der Waals surface area contributed by atoms with Gasteiger partial charge in [0.25, 0.3) is 0 Å². The first-order valence-corrected chi connectivity index (χ1v) is 8.31. The van der Waals surface area contributed by atoms with Crippen molar-refractivity contribution in [1.29, 1.82) is 0 Å². The van der Waals surface area contributed by atoms with E-state index in [1.54, 1.807) is 0 Å². The molecule has 2 N–H and O–H groups in total. The first kappa shape index (κ1) is 15.8. The largest absolute Gasteiger partial charge is 0.340 e. The normalized spacial score (nSPS) is 34.0. The van der Waals surface area contributed by atoms with E-state index >= 15 is 0 Å². The second kappa shape index (κ2) is 6.90. The molecule has 4 heteroatoms. The van der Waals surface area contributed by atoms with Gasteiger partial charge in [0, 0.05) is 44.2 Å². The average molecular weight is 281 g/mol. The number of carbonyl (C=O) groups is 1. The lowest BCUT2D eigenvalue weighted by Crippen LogP contribution is -2.53. The van der Waals surface area contributed by atoms with Gasteiger partial charge in [0.1, 0.15) is 0 Å². The second-order valence-electron chi connectivity index (χ2n) is 6.78. The summed E-state index contributed by atoms with van der Waals surface area (Å²) in [6.45, 7) is 10.6. The number of nitrogens with zero attached hydrogens (tertiary/aromatic N) is 2. The third-order valence-electron chi connectivity index (χ3n) is 5.37. The van der Waals surface area contributed by atoms with Crippen LogP contribution in [0.1, 0.15) is 46.5 Å². The fraction of sp³-hybridized carbons (Fsp3) is 0.938. The minimum Gasteiger partial charge on any atom is -0.340 e. The molecule has 1 saturated carbocycles. The molecule has 0 bridgehead atoms. The van der Waals surface area contributed by atoms with Crippen molar-refractivity contribution in [2.75, 3.05) is 26.2 Å². The summed E-state index contributed by atoms with van der Waals surface area (Å²) in [6, 6.07) is 0.940. The molecular formula is C16H31N3O. The highest BCUT2D eigenvalue weighted by atomic mass is 16.2.